The third kappa shape index (κ3) is 3.72. The van der Waals surface area contributed by atoms with Gasteiger partial charge in [0.1, 0.15) is 24.9 Å². The second-order valence-electron chi connectivity index (χ2n) is 5.11. The van der Waals surface area contributed by atoms with Crippen molar-refractivity contribution < 1.29 is 9.53 Å². The van der Waals surface area contributed by atoms with Gasteiger partial charge in [-0.05, 0) is 26.0 Å². The average molecular weight is 324 g/mol. The summed E-state index contributed by atoms with van der Waals surface area (Å²) in [6.07, 6.45) is 2.86. The third-order valence-electron chi connectivity index (χ3n) is 3.24. The largest absolute Gasteiger partial charge is 0.424 e. The Labute approximate surface area is 138 Å². The van der Waals surface area contributed by atoms with Crippen LogP contribution in [0.5, 0.6) is 11.8 Å². The SMILES string of the molecule is Cc1nc(Oc2ccccc2)nc(C)c1NC(=O)Cn1cncn1. The summed E-state index contributed by atoms with van der Waals surface area (Å²) in [6.45, 7) is 3.65. The van der Waals surface area contributed by atoms with E-state index in [-0.39, 0.29) is 18.5 Å². The van der Waals surface area contributed by atoms with E-state index < -0.39 is 0 Å². The van der Waals surface area contributed by atoms with Crippen LogP contribution in [0.4, 0.5) is 5.69 Å². The summed E-state index contributed by atoms with van der Waals surface area (Å²) in [5.74, 6) is 0.422. The molecule has 8 heteroatoms. The van der Waals surface area contributed by atoms with Gasteiger partial charge in [0.15, 0.2) is 0 Å². The van der Waals surface area contributed by atoms with Crippen LogP contribution >= 0.6 is 0 Å². The van der Waals surface area contributed by atoms with Gasteiger partial charge in [0, 0.05) is 0 Å². The van der Waals surface area contributed by atoms with Crippen LogP contribution in [0.15, 0.2) is 43.0 Å². The van der Waals surface area contributed by atoms with E-state index in [0.717, 1.165) is 0 Å². The van der Waals surface area contributed by atoms with E-state index in [9.17, 15) is 4.79 Å². The number of para-hydroxylation sites is 1. The number of benzene rings is 1. The number of aryl methyl sites for hydroxylation is 2. The zero-order valence-corrected chi connectivity index (χ0v) is 13.3. The van der Waals surface area contributed by atoms with Crippen molar-refractivity contribution in [2.24, 2.45) is 0 Å². The predicted molar refractivity (Wildman–Crippen MR) is 86.7 cm³/mol. The number of hydrogen-bond donors (Lipinski definition) is 1. The molecular formula is C16H16N6O2. The first-order valence-electron chi connectivity index (χ1n) is 7.32. The molecule has 0 bridgehead atoms. The minimum Gasteiger partial charge on any atom is -0.424 e. The molecule has 1 N–H and O–H groups in total. The molecule has 0 unspecified atom stereocenters. The van der Waals surface area contributed by atoms with Crippen LogP contribution in [0.25, 0.3) is 0 Å². The first-order valence-corrected chi connectivity index (χ1v) is 7.32. The predicted octanol–water partition coefficient (Wildman–Crippen LogP) is 2.12. The number of ether oxygens (including phenoxy) is 1. The number of rotatable bonds is 5. The topological polar surface area (TPSA) is 94.8 Å². The Kier molecular flexibility index (Phi) is 4.46. The van der Waals surface area contributed by atoms with Crippen molar-refractivity contribution >= 4 is 11.6 Å². The second kappa shape index (κ2) is 6.86. The molecule has 24 heavy (non-hydrogen) atoms. The van der Waals surface area contributed by atoms with E-state index in [0.29, 0.717) is 22.8 Å². The lowest BCUT2D eigenvalue weighted by atomic mass is 10.3. The van der Waals surface area contributed by atoms with E-state index in [1.165, 1.54) is 17.3 Å². The van der Waals surface area contributed by atoms with E-state index in [4.69, 9.17) is 4.74 Å². The fourth-order valence-corrected chi connectivity index (χ4v) is 2.15. The standard InChI is InChI=1S/C16H16N6O2/c1-11-15(21-14(23)8-22-10-17-9-18-22)12(2)20-16(19-11)24-13-6-4-3-5-7-13/h3-7,9-10H,8H2,1-2H3,(H,21,23). The molecule has 0 spiro atoms. The molecule has 0 aliphatic rings. The molecule has 3 aromatic rings. The minimum absolute atomic E-state index is 0.0706. The highest BCUT2D eigenvalue weighted by molar-refractivity contribution is 5.91. The molecule has 0 atom stereocenters. The highest BCUT2D eigenvalue weighted by Crippen LogP contribution is 2.23. The molecule has 2 heterocycles. The number of nitrogens with one attached hydrogen (secondary N) is 1. The van der Waals surface area contributed by atoms with Gasteiger partial charge < -0.3 is 10.1 Å². The Bertz CT molecular complexity index is 810. The highest BCUT2D eigenvalue weighted by Gasteiger charge is 2.13. The lowest BCUT2D eigenvalue weighted by Crippen LogP contribution is -2.20. The Morgan fingerprint density at radius 1 is 1.17 bits per heavy atom. The van der Waals surface area contributed by atoms with Gasteiger partial charge >= 0.3 is 6.01 Å². The number of carbonyl (C=O) groups is 1. The van der Waals surface area contributed by atoms with Crippen molar-refractivity contribution in [1.82, 2.24) is 24.7 Å². The fraction of sp³-hybridized carbons (Fsp3) is 0.188. The van der Waals surface area contributed by atoms with Crippen LogP contribution in [0.3, 0.4) is 0 Å². The molecular weight excluding hydrogens is 308 g/mol. The van der Waals surface area contributed by atoms with Crippen molar-refractivity contribution in [3.05, 3.63) is 54.4 Å². The fourth-order valence-electron chi connectivity index (χ4n) is 2.15. The van der Waals surface area contributed by atoms with E-state index in [2.05, 4.69) is 25.4 Å². The molecule has 0 aliphatic carbocycles. The van der Waals surface area contributed by atoms with Gasteiger partial charge in [-0.1, -0.05) is 18.2 Å². The quantitative estimate of drug-likeness (QED) is 0.772. The Hall–Kier alpha value is -3.29. The maximum atomic E-state index is 12.1. The van der Waals surface area contributed by atoms with E-state index in [1.54, 1.807) is 13.8 Å². The summed E-state index contributed by atoms with van der Waals surface area (Å²) in [5.41, 5.74) is 1.82. The molecule has 3 rings (SSSR count). The highest BCUT2D eigenvalue weighted by atomic mass is 16.5. The third-order valence-corrected chi connectivity index (χ3v) is 3.24. The Morgan fingerprint density at radius 3 is 2.50 bits per heavy atom. The van der Waals surface area contributed by atoms with E-state index >= 15 is 0 Å². The van der Waals surface area contributed by atoms with Crippen LogP contribution in [-0.4, -0.2) is 30.6 Å². The number of anilines is 1. The summed E-state index contributed by atoms with van der Waals surface area (Å²) in [6, 6.07) is 9.52. The normalized spacial score (nSPS) is 10.4. The van der Waals surface area contributed by atoms with Gasteiger partial charge in [-0.15, -0.1) is 0 Å². The molecule has 122 valence electrons. The maximum absolute atomic E-state index is 12.1. The molecule has 2 aromatic heterocycles. The molecule has 0 saturated heterocycles. The van der Waals surface area contributed by atoms with Gasteiger partial charge in [0.05, 0.1) is 17.1 Å². The molecule has 1 amide bonds. The Balaban J connectivity index is 1.73. The smallest absolute Gasteiger partial charge is 0.322 e. The van der Waals surface area contributed by atoms with Crippen molar-refractivity contribution in [2.75, 3.05) is 5.32 Å². The lowest BCUT2D eigenvalue weighted by molar-refractivity contribution is -0.116. The molecule has 0 radical (unpaired) electrons. The van der Waals surface area contributed by atoms with Crippen molar-refractivity contribution in [2.45, 2.75) is 20.4 Å². The summed E-state index contributed by atoms with van der Waals surface area (Å²) in [7, 11) is 0. The monoisotopic (exact) mass is 324 g/mol. The maximum Gasteiger partial charge on any atom is 0.322 e. The summed E-state index contributed by atoms with van der Waals surface area (Å²) < 4.78 is 7.07. The number of nitrogens with zero attached hydrogens (tertiary/aromatic N) is 5. The van der Waals surface area contributed by atoms with Crippen molar-refractivity contribution in [3.63, 3.8) is 0 Å². The number of amides is 1. The number of hydrogen-bond acceptors (Lipinski definition) is 6. The zero-order chi connectivity index (χ0) is 16.9. The summed E-state index contributed by atoms with van der Waals surface area (Å²) >= 11 is 0. The van der Waals surface area contributed by atoms with Gasteiger partial charge in [-0.25, -0.2) is 9.67 Å². The van der Waals surface area contributed by atoms with Crippen LogP contribution in [0, 0.1) is 13.8 Å². The van der Waals surface area contributed by atoms with Crippen molar-refractivity contribution in [3.8, 4) is 11.8 Å². The molecule has 1 aromatic carbocycles. The summed E-state index contributed by atoms with van der Waals surface area (Å²) in [5, 5.41) is 6.70. The van der Waals surface area contributed by atoms with Gasteiger partial charge in [-0.3, -0.25) is 4.79 Å². The first kappa shape index (κ1) is 15.6. The Morgan fingerprint density at radius 2 is 1.88 bits per heavy atom. The molecule has 0 fully saturated rings. The van der Waals surface area contributed by atoms with Crippen LogP contribution in [0.2, 0.25) is 0 Å². The van der Waals surface area contributed by atoms with Crippen LogP contribution < -0.4 is 10.1 Å². The molecule has 8 nitrogen and oxygen atoms in total. The molecule has 0 saturated carbocycles. The lowest BCUT2D eigenvalue weighted by Gasteiger charge is -2.12. The van der Waals surface area contributed by atoms with Crippen LogP contribution in [0.1, 0.15) is 11.4 Å². The van der Waals surface area contributed by atoms with Gasteiger partial charge in [0.25, 0.3) is 0 Å². The van der Waals surface area contributed by atoms with Crippen molar-refractivity contribution in [1.29, 1.82) is 0 Å². The van der Waals surface area contributed by atoms with Crippen LogP contribution in [-0.2, 0) is 11.3 Å². The second-order valence-corrected chi connectivity index (χ2v) is 5.11. The summed E-state index contributed by atoms with van der Waals surface area (Å²) in [4.78, 5) is 24.5. The first-order chi connectivity index (χ1) is 11.6. The minimum atomic E-state index is -0.230. The number of aromatic nitrogens is 5. The average Bonchev–Trinajstić information content (AvgIpc) is 3.05. The van der Waals surface area contributed by atoms with E-state index in [1.807, 2.05) is 30.3 Å². The van der Waals surface area contributed by atoms with Gasteiger partial charge in [0.2, 0.25) is 5.91 Å². The zero-order valence-electron chi connectivity index (χ0n) is 13.3. The number of carbonyl (C=O) groups excluding carboxylic acids is 1. The van der Waals surface area contributed by atoms with Gasteiger partial charge in [-0.2, -0.15) is 15.1 Å². The molecule has 0 aliphatic heterocycles.